The number of hydrogen-bond acceptors (Lipinski definition) is 3. The maximum Gasteiger partial charge on any atom is 0.323 e. The Morgan fingerprint density at radius 3 is 2.35 bits per heavy atom. The molecule has 0 saturated heterocycles. The lowest BCUT2D eigenvalue weighted by molar-refractivity contribution is 0.401. The van der Waals surface area contributed by atoms with Gasteiger partial charge in [0.1, 0.15) is 11.5 Å². The van der Waals surface area contributed by atoms with E-state index >= 15 is 0 Å². The second kappa shape index (κ2) is 4.37. The Labute approximate surface area is 98.4 Å². The standard InChI is InChI=1S/C12H14N2O3/c1-7-4-11(17-3)8(5-10(7)16-2)9-6-13-12(15)14-9/h4-6H,1-3H3,(H2,13,14,15). The summed E-state index contributed by atoms with van der Waals surface area (Å²) in [6.07, 6.45) is 1.61. The Balaban J connectivity index is 2.62. The lowest BCUT2D eigenvalue weighted by atomic mass is 10.1. The first-order chi connectivity index (χ1) is 8.15. The number of imidazole rings is 1. The van der Waals surface area contributed by atoms with Crippen molar-refractivity contribution in [3.05, 3.63) is 34.4 Å². The Morgan fingerprint density at radius 2 is 1.82 bits per heavy atom. The smallest absolute Gasteiger partial charge is 0.323 e. The van der Waals surface area contributed by atoms with Crippen LogP contribution in [0.2, 0.25) is 0 Å². The van der Waals surface area contributed by atoms with Gasteiger partial charge in [-0.25, -0.2) is 4.79 Å². The van der Waals surface area contributed by atoms with E-state index in [1.807, 2.05) is 19.1 Å². The van der Waals surface area contributed by atoms with Crippen molar-refractivity contribution in [1.82, 2.24) is 9.97 Å². The van der Waals surface area contributed by atoms with Gasteiger partial charge >= 0.3 is 5.69 Å². The van der Waals surface area contributed by atoms with Crippen molar-refractivity contribution in [2.45, 2.75) is 6.92 Å². The number of aromatic nitrogens is 2. The van der Waals surface area contributed by atoms with E-state index in [0.29, 0.717) is 11.4 Å². The molecule has 2 rings (SSSR count). The third-order valence-corrected chi connectivity index (χ3v) is 2.60. The van der Waals surface area contributed by atoms with E-state index in [1.54, 1.807) is 20.4 Å². The fraction of sp³-hybridized carbons (Fsp3) is 0.250. The Hall–Kier alpha value is -2.17. The van der Waals surface area contributed by atoms with Crippen LogP contribution in [0.25, 0.3) is 11.3 Å². The van der Waals surface area contributed by atoms with Crippen molar-refractivity contribution in [1.29, 1.82) is 0 Å². The highest BCUT2D eigenvalue weighted by Crippen LogP contribution is 2.34. The summed E-state index contributed by atoms with van der Waals surface area (Å²) in [7, 11) is 3.20. The lowest BCUT2D eigenvalue weighted by Crippen LogP contribution is -2.00. The minimum absolute atomic E-state index is 0.249. The molecule has 2 N–H and O–H groups in total. The van der Waals surface area contributed by atoms with E-state index in [-0.39, 0.29) is 5.69 Å². The molecule has 0 saturated carbocycles. The van der Waals surface area contributed by atoms with Gasteiger partial charge in [0.15, 0.2) is 0 Å². The summed E-state index contributed by atoms with van der Waals surface area (Å²) in [5.41, 5.74) is 2.19. The molecule has 90 valence electrons. The molecule has 0 aliphatic carbocycles. The number of aromatic amines is 2. The van der Waals surface area contributed by atoms with Gasteiger partial charge in [0.05, 0.1) is 19.9 Å². The van der Waals surface area contributed by atoms with Crippen LogP contribution in [0, 0.1) is 6.92 Å². The molecule has 0 atom stereocenters. The summed E-state index contributed by atoms with van der Waals surface area (Å²) in [6.45, 7) is 1.94. The molecule has 0 aliphatic rings. The predicted molar refractivity (Wildman–Crippen MR) is 64.7 cm³/mol. The van der Waals surface area contributed by atoms with E-state index in [0.717, 1.165) is 16.9 Å². The molecule has 0 radical (unpaired) electrons. The van der Waals surface area contributed by atoms with E-state index in [4.69, 9.17) is 9.47 Å². The van der Waals surface area contributed by atoms with E-state index in [2.05, 4.69) is 9.97 Å². The third-order valence-electron chi connectivity index (χ3n) is 2.60. The zero-order valence-electron chi connectivity index (χ0n) is 9.96. The van der Waals surface area contributed by atoms with Crippen LogP contribution in [0.15, 0.2) is 23.1 Å². The van der Waals surface area contributed by atoms with Gasteiger partial charge in [-0.1, -0.05) is 0 Å². The largest absolute Gasteiger partial charge is 0.496 e. The number of aryl methyl sites for hydroxylation is 1. The molecule has 0 spiro atoms. The minimum atomic E-state index is -0.249. The predicted octanol–water partition coefficient (Wildman–Crippen LogP) is 1.70. The van der Waals surface area contributed by atoms with E-state index < -0.39 is 0 Å². The van der Waals surface area contributed by atoms with E-state index in [1.165, 1.54) is 0 Å². The molecular weight excluding hydrogens is 220 g/mol. The average Bonchev–Trinajstić information content (AvgIpc) is 2.75. The number of benzene rings is 1. The molecule has 0 bridgehead atoms. The van der Waals surface area contributed by atoms with Crippen LogP contribution >= 0.6 is 0 Å². The van der Waals surface area contributed by atoms with Crippen LogP contribution in [0.4, 0.5) is 0 Å². The summed E-state index contributed by atoms with van der Waals surface area (Å²) in [6, 6.07) is 3.72. The highest BCUT2D eigenvalue weighted by molar-refractivity contribution is 5.69. The molecule has 0 aliphatic heterocycles. The van der Waals surface area contributed by atoms with Gasteiger partial charge in [-0.15, -0.1) is 0 Å². The summed E-state index contributed by atoms with van der Waals surface area (Å²) in [4.78, 5) is 16.4. The van der Waals surface area contributed by atoms with Crippen molar-refractivity contribution in [3.63, 3.8) is 0 Å². The molecule has 1 aromatic heterocycles. The highest BCUT2D eigenvalue weighted by Gasteiger charge is 2.11. The molecular formula is C12H14N2O3. The van der Waals surface area contributed by atoms with Gasteiger partial charge in [0.25, 0.3) is 0 Å². The van der Waals surface area contributed by atoms with Gasteiger partial charge in [0, 0.05) is 11.8 Å². The Bertz CT molecular complexity index is 584. The first-order valence-electron chi connectivity index (χ1n) is 5.16. The topological polar surface area (TPSA) is 67.1 Å². The average molecular weight is 234 g/mol. The quantitative estimate of drug-likeness (QED) is 0.849. The van der Waals surface area contributed by atoms with E-state index in [9.17, 15) is 4.79 Å². The van der Waals surface area contributed by atoms with Gasteiger partial charge in [0.2, 0.25) is 0 Å². The van der Waals surface area contributed by atoms with Crippen LogP contribution in [-0.4, -0.2) is 24.2 Å². The summed E-state index contributed by atoms with van der Waals surface area (Å²) >= 11 is 0. The van der Waals surface area contributed by atoms with Crippen LogP contribution < -0.4 is 15.2 Å². The SMILES string of the molecule is COc1cc(-c2c[nH]c(=O)[nH]2)c(OC)cc1C. The molecule has 0 unspecified atom stereocenters. The van der Waals surface area contributed by atoms with Gasteiger partial charge in [-0.05, 0) is 24.6 Å². The molecule has 17 heavy (non-hydrogen) atoms. The van der Waals surface area contributed by atoms with Gasteiger partial charge < -0.3 is 19.4 Å². The number of nitrogens with one attached hydrogen (secondary N) is 2. The minimum Gasteiger partial charge on any atom is -0.496 e. The zero-order chi connectivity index (χ0) is 12.4. The highest BCUT2D eigenvalue weighted by atomic mass is 16.5. The number of ether oxygens (including phenoxy) is 2. The second-order valence-corrected chi connectivity index (χ2v) is 3.68. The fourth-order valence-electron chi connectivity index (χ4n) is 1.74. The van der Waals surface area contributed by atoms with Crippen LogP contribution in [0.3, 0.4) is 0 Å². The number of methoxy groups -OCH3 is 2. The molecule has 2 aromatic rings. The van der Waals surface area contributed by atoms with Crippen molar-refractivity contribution >= 4 is 0 Å². The Kier molecular flexibility index (Phi) is 2.91. The molecule has 1 aromatic carbocycles. The van der Waals surface area contributed by atoms with Crippen LogP contribution in [0.1, 0.15) is 5.56 Å². The summed E-state index contributed by atoms with van der Waals surface area (Å²) < 4.78 is 10.6. The fourth-order valence-corrected chi connectivity index (χ4v) is 1.74. The van der Waals surface area contributed by atoms with Crippen LogP contribution in [-0.2, 0) is 0 Å². The first kappa shape index (κ1) is 11.3. The molecule has 0 fully saturated rings. The third kappa shape index (κ3) is 2.04. The van der Waals surface area contributed by atoms with Crippen LogP contribution in [0.5, 0.6) is 11.5 Å². The maximum absolute atomic E-state index is 11.1. The zero-order valence-corrected chi connectivity index (χ0v) is 9.96. The van der Waals surface area contributed by atoms with Crippen molar-refractivity contribution < 1.29 is 9.47 Å². The monoisotopic (exact) mass is 234 g/mol. The maximum atomic E-state index is 11.1. The summed E-state index contributed by atoms with van der Waals surface area (Å²) in [5.74, 6) is 1.45. The van der Waals surface area contributed by atoms with Gasteiger partial charge in [-0.3, -0.25) is 0 Å². The van der Waals surface area contributed by atoms with Crippen molar-refractivity contribution in [2.75, 3.05) is 14.2 Å². The Morgan fingerprint density at radius 1 is 1.12 bits per heavy atom. The molecule has 1 heterocycles. The number of rotatable bonds is 3. The normalized spacial score (nSPS) is 10.3. The number of H-pyrrole nitrogens is 2. The van der Waals surface area contributed by atoms with Crippen molar-refractivity contribution in [2.24, 2.45) is 0 Å². The molecule has 0 amide bonds. The summed E-state index contributed by atoms with van der Waals surface area (Å²) in [5, 5.41) is 0. The van der Waals surface area contributed by atoms with Crippen molar-refractivity contribution in [3.8, 4) is 22.8 Å². The second-order valence-electron chi connectivity index (χ2n) is 3.68. The molecule has 5 nitrogen and oxygen atoms in total. The van der Waals surface area contributed by atoms with Gasteiger partial charge in [-0.2, -0.15) is 0 Å². The number of hydrogen-bond donors (Lipinski definition) is 2. The molecule has 5 heteroatoms. The first-order valence-corrected chi connectivity index (χ1v) is 5.16. The lowest BCUT2D eigenvalue weighted by Gasteiger charge is -2.11.